The molecule has 8 heteroatoms. The zero-order valence-corrected chi connectivity index (χ0v) is 14.5. The monoisotopic (exact) mass is 398 g/mol. The lowest BCUT2D eigenvalue weighted by Crippen LogP contribution is -2.27. The van der Waals surface area contributed by atoms with Crippen molar-refractivity contribution < 1.29 is 17.6 Å². The summed E-state index contributed by atoms with van der Waals surface area (Å²) in [5.74, 6) is 0.236. The smallest absolute Gasteiger partial charge is 0.252 e. The number of amides is 1. The molecule has 1 aliphatic carbocycles. The molecule has 0 aliphatic heterocycles. The van der Waals surface area contributed by atoms with Crippen LogP contribution in [0.25, 0.3) is 0 Å². The second-order valence-corrected chi connectivity index (χ2v) is 7.91. The second-order valence-electron chi connectivity index (χ2n) is 5.29. The Hall–Kier alpha value is -1.64. The van der Waals surface area contributed by atoms with Crippen LogP contribution >= 0.6 is 15.9 Å². The lowest BCUT2D eigenvalue weighted by Gasteiger charge is -2.10. The van der Waals surface area contributed by atoms with Gasteiger partial charge in [-0.1, -0.05) is 0 Å². The number of sulfonamides is 1. The van der Waals surface area contributed by atoms with E-state index in [1.165, 1.54) is 18.4 Å². The minimum Gasteiger partial charge on any atom is -0.468 e. The van der Waals surface area contributed by atoms with Crippen LogP contribution in [-0.4, -0.2) is 20.4 Å². The van der Waals surface area contributed by atoms with E-state index >= 15 is 0 Å². The Kier molecular flexibility index (Phi) is 4.56. The average molecular weight is 399 g/mol. The van der Waals surface area contributed by atoms with Gasteiger partial charge in [-0.25, -0.2) is 13.1 Å². The number of rotatable bonds is 6. The van der Waals surface area contributed by atoms with Gasteiger partial charge < -0.3 is 9.73 Å². The van der Waals surface area contributed by atoms with Gasteiger partial charge in [0, 0.05) is 10.5 Å². The second kappa shape index (κ2) is 6.46. The summed E-state index contributed by atoms with van der Waals surface area (Å²) >= 11 is 3.29. The van der Waals surface area contributed by atoms with Crippen molar-refractivity contribution in [1.29, 1.82) is 0 Å². The Bertz CT molecular complexity index is 814. The van der Waals surface area contributed by atoms with Crippen LogP contribution < -0.4 is 10.0 Å². The molecule has 3 rings (SSSR count). The van der Waals surface area contributed by atoms with Crippen molar-refractivity contribution in [2.75, 3.05) is 0 Å². The third-order valence-electron chi connectivity index (χ3n) is 3.42. The molecule has 2 N–H and O–H groups in total. The van der Waals surface area contributed by atoms with Crippen molar-refractivity contribution in [2.45, 2.75) is 30.3 Å². The molecule has 0 bridgehead atoms. The quantitative estimate of drug-likeness (QED) is 0.781. The molecule has 1 aliphatic rings. The third kappa shape index (κ3) is 4.01. The van der Waals surface area contributed by atoms with E-state index in [1.54, 1.807) is 18.2 Å². The maximum Gasteiger partial charge on any atom is 0.252 e. The van der Waals surface area contributed by atoms with Crippen LogP contribution in [-0.2, 0) is 16.6 Å². The third-order valence-corrected chi connectivity index (χ3v) is 5.51. The molecule has 1 aromatic carbocycles. The van der Waals surface area contributed by atoms with Gasteiger partial charge in [-0.2, -0.15) is 0 Å². The Balaban J connectivity index is 1.79. The number of hydrogen-bond donors (Lipinski definition) is 2. The SMILES string of the molecule is O=C(NC1CC1)c1cc(S(=O)(=O)NCc2ccco2)ccc1Br. The zero-order valence-electron chi connectivity index (χ0n) is 12.1. The van der Waals surface area contributed by atoms with Gasteiger partial charge in [0.05, 0.1) is 23.3 Å². The van der Waals surface area contributed by atoms with Crippen LogP contribution in [0, 0.1) is 0 Å². The van der Waals surface area contributed by atoms with E-state index in [4.69, 9.17) is 4.42 Å². The standard InChI is InChI=1S/C15H15BrN2O4S/c16-14-6-5-12(8-13(14)15(19)18-10-3-4-10)23(20,21)17-9-11-2-1-7-22-11/h1-2,5-8,10,17H,3-4,9H2,(H,18,19). The molecule has 1 fully saturated rings. The first-order valence-corrected chi connectivity index (χ1v) is 9.36. The van der Waals surface area contributed by atoms with Crippen LogP contribution in [0.15, 0.2) is 50.4 Å². The van der Waals surface area contributed by atoms with Gasteiger partial charge in [0.25, 0.3) is 5.91 Å². The summed E-state index contributed by atoms with van der Waals surface area (Å²) in [6, 6.07) is 7.94. The molecule has 23 heavy (non-hydrogen) atoms. The molecule has 1 saturated carbocycles. The first kappa shape index (κ1) is 16.2. The molecule has 6 nitrogen and oxygen atoms in total. The highest BCUT2D eigenvalue weighted by Crippen LogP contribution is 2.24. The predicted octanol–water partition coefficient (Wildman–Crippen LogP) is 2.41. The lowest BCUT2D eigenvalue weighted by atomic mass is 10.2. The van der Waals surface area contributed by atoms with Gasteiger partial charge in [0.1, 0.15) is 5.76 Å². The van der Waals surface area contributed by atoms with Gasteiger partial charge in [0.15, 0.2) is 0 Å². The summed E-state index contributed by atoms with van der Waals surface area (Å²) < 4.78 is 32.8. The number of nitrogens with one attached hydrogen (secondary N) is 2. The summed E-state index contributed by atoms with van der Waals surface area (Å²) in [6.07, 6.45) is 3.40. The molecule has 1 heterocycles. The van der Waals surface area contributed by atoms with E-state index in [9.17, 15) is 13.2 Å². The molecular formula is C15H15BrN2O4S. The van der Waals surface area contributed by atoms with Gasteiger partial charge in [-0.3, -0.25) is 4.79 Å². The van der Waals surface area contributed by atoms with Crippen LogP contribution in [0.3, 0.4) is 0 Å². The summed E-state index contributed by atoms with van der Waals surface area (Å²) in [4.78, 5) is 12.2. The first-order chi connectivity index (χ1) is 11.0. The summed E-state index contributed by atoms with van der Waals surface area (Å²) in [6.45, 7) is 0.0506. The number of halogens is 1. The Morgan fingerprint density at radius 3 is 2.74 bits per heavy atom. The molecular weight excluding hydrogens is 384 g/mol. The van der Waals surface area contributed by atoms with Crippen molar-refractivity contribution in [3.05, 3.63) is 52.4 Å². The topological polar surface area (TPSA) is 88.4 Å². The van der Waals surface area contributed by atoms with Crippen molar-refractivity contribution in [1.82, 2.24) is 10.0 Å². The molecule has 1 amide bonds. The molecule has 122 valence electrons. The van der Waals surface area contributed by atoms with Gasteiger partial charge in [-0.05, 0) is 59.1 Å². The molecule has 0 spiro atoms. The van der Waals surface area contributed by atoms with Crippen molar-refractivity contribution in [3.63, 3.8) is 0 Å². The summed E-state index contributed by atoms with van der Waals surface area (Å²) in [5.41, 5.74) is 0.303. The normalized spacial score (nSPS) is 14.7. The maximum absolute atomic E-state index is 12.3. The Morgan fingerprint density at radius 1 is 1.30 bits per heavy atom. The summed E-state index contributed by atoms with van der Waals surface area (Å²) in [7, 11) is -3.73. The fourth-order valence-electron chi connectivity index (χ4n) is 2.00. The molecule has 2 aromatic rings. The Labute approximate surface area is 142 Å². The lowest BCUT2D eigenvalue weighted by molar-refractivity contribution is 0.0950. The van der Waals surface area contributed by atoms with Crippen molar-refractivity contribution in [2.24, 2.45) is 0 Å². The largest absolute Gasteiger partial charge is 0.468 e. The number of carbonyl (C=O) groups is 1. The molecule has 0 radical (unpaired) electrons. The fraction of sp³-hybridized carbons (Fsp3) is 0.267. The van der Waals surface area contributed by atoms with E-state index in [-0.39, 0.29) is 23.4 Å². The van der Waals surface area contributed by atoms with Crippen molar-refractivity contribution >= 4 is 31.9 Å². The van der Waals surface area contributed by atoms with Gasteiger partial charge in [0.2, 0.25) is 10.0 Å². The minimum atomic E-state index is -3.73. The fourth-order valence-corrected chi connectivity index (χ4v) is 3.44. The highest BCUT2D eigenvalue weighted by Gasteiger charge is 2.25. The predicted molar refractivity (Wildman–Crippen MR) is 87.4 cm³/mol. The number of carbonyl (C=O) groups excluding carboxylic acids is 1. The number of hydrogen-bond acceptors (Lipinski definition) is 4. The molecule has 0 unspecified atom stereocenters. The molecule has 1 aromatic heterocycles. The minimum absolute atomic E-state index is 0.0354. The van der Waals surface area contributed by atoms with Crippen molar-refractivity contribution in [3.8, 4) is 0 Å². The van der Waals surface area contributed by atoms with Crippen LogP contribution in [0.4, 0.5) is 0 Å². The first-order valence-electron chi connectivity index (χ1n) is 7.08. The van der Waals surface area contributed by atoms with Crippen LogP contribution in [0.1, 0.15) is 29.0 Å². The zero-order chi connectivity index (χ0) is 16.4. The summed E-state index contributed by atoms with van der Waals surface area (Å²) in [5, 5.41) is 2.84. The van der Waals surface area contributed by atoms with Gasteiger partial charge >= 0.3 is 0 Å². The highest BCUT2D eigenvalue weighted by atomic mass is 79.9. The van der Waals surface area contributed by atoms with E-state index < -0.39 is 10.0 Å². The highest BCUT2D eigenvalue weighted by molar-refractivity contribution is 9.10. The number of furan rings is 1. The average Bonchev–Trinajstić information content (AvgIpc) is 3.16. The van der Waals surface area contributed by atoms with Crippen LogP contribution in [0.5, 0.6) is 0 Å². The van der Waals surface area contributed by atoms with E-state index in [2.05, 4.69) is 26.0 Å². The molecule has 0 atom stereocenters. The van der Waals surface area contributed by atoms with E-state index in [0.717, 1.165) is 12.8 Å². The van der Waals surface area contributed by atoms with Crippen LogP contribution in [0.2, 0.25) is 0 Å². The van der Waals surface area contributed by atoms with E-state index in [1.807, 2.05) is 0 Å². The number of benzene rings is 1. The molecule has 0 saturated heterocycles. The van der Waals surface area contributed by atoms with Gasteiger partial charge in [-0.15, -0.1) is 0 Å². The maximum atomic E-state index is 12.3. The van der Waals surface area contributed by atoms with E-state index in [0.29, 0.717) is 15.8 Å². The Morgan fingerprint density at radius 2 is 2.09 bits per heavy atom.